The second-order valence-electron chi connectivity index (χ2n) is 3.86. The van der Waals surface area contributed by atoms with E-state index in [2.05, 4.69) is 5.32 Å². The highest BCUT2D eigenvalue weighted by Crippen LogP contribution is 2.13. The summed E-state index contributed by atoms with van der Waals surface area (Å²) in [6.45, 7) is 17.4. The number of carbonyl (C=O) groups is 2. The molecule has 0 saturated heterocycles. The summed E-state index contributed by atoms with van der Waals surface area (Å²) in [6.07, 6.45) is -0.364. The van der Waals surface area contributed by atoms with Crippen molar-refractivity contribution in [2.45, 2.75) is 74.8 Å². The molecular formula is C17H39NO3. The van der Waals surface area contributed by atoms with Crippen molar-refractivity contribution in [2.24, 2.45) is 11.8 Å². The van der Waals surface area contributed by atoms with Gasteiger partial charge in [-0.1, -0.05) is 55.4 Å². The summed E-state index contributed by atoms with van der Waals surface area (Å²) in [6, 6.07) is 0. The minimum Gasteiger partial charge on any atom is -0.391 e. The van der Waals surface area contributed by atoms with Crippen LogP contribution in [-0.2, 0) is 9.59 Å². The van der Waals surface area contributed by atoms with Gasteiger partial charge in [0.25, 0.3) is 0 Å². The summed E-state index contributed by atoms with van der Waals surface area (Å²) in [7, 11) is 1.71. The molecule has 0 saturated carbocycles. The van der Waals surface area contributed by atoms with Crippen molar-refractivity contribution >= 4 is 11.6 Å². The lowest BCUT2D eigenvalue weighted by Crippen LogP contribution is -2.37. The van der Waals surface area contributed by atoms with Crippen LogP contribution >= 0.6 is 0 Å². The van der Waals surface area contributed by atoms with Crippen LogP contribution in [0.1, 0.15) is 68.7 Å². The molecule has 0 radical (unpaired) electrons. The van der Waals surface area contributed by atoms with Crippen LogP contribution in [0, 0.1) is 11.8 Å². The molecule has 0 aliphatic carbocycles. The lowest BCUT2D eigenvalue weighted by Gasteiger charge is -2.20. The van der Waals surface area contributed by atoms with Crippen molar-refractivity contribution in [2.75, 3.05) is 13.6 Å². The fraction of sp³-hybridized carbons (Fsp3) is 0.882. The molecule has 0 aromatic carbocycles. The predicted molar refractivity (Wildman–Crippen MR) is 92.6 cm³/mol. The van der Waals surface area contributed by atoms with Crippen molar-refractivity contribution in [1.29, 1.82) is 0 Å². The van der Waals surface area contributed by atoms with Crippen molar-refractivity contribution < 1.29 is 14.7 Å². The maximum Gasteiger partial charge on any atom is 0.148 e. The number of carbonyl (C=O) groups excluding carboxylic acids is 2. The van der Waals surface area contributed by atoms with E-state index >= 15 is 0 Å². The Hall–Kier alpha value is -0.740. The molecular weight excluding hydrogens is 266 g/mol. The van der Waals surface area contributed by atoms with Gasteiger partial charge in [-0.2, -0.15) is 0 Å². The van der Waals surface area contributed by atoms with E-state index < -0.39 is 17.9 Å². The van der Waals surface area contributed by atoms with Crippen LogP contribution in [0.2, 0.25) is 0 Å². The van der Waals surface area contributed by atoms with Gasteiger partial charge >= 0.3 is 0 Å². The SMILES string of the molecule is CC.CC.CC.CCC(=O)C(C)C(=O)C(C)C(O)CNC. The van der Waals surface area contributed by atoms with E-state index in [1.54, 1.807) is 27.8 Å². The highest BCUT2D eigenvalue weighted by molar-refractivity contribution is 6.02. The highest BCUT2D eigenvalue weighted by atomic mass is 16.3. The first-order chi connectivity index (χ1) is 9.95. The van der Waals surface area contributed by atoms with Gasteiger partial charge in [0.15, 0.2) is 0 Å². The van der Waals surface area contributed by atoms with Crippen molar-refractivity contribution in [3.8, 4) is 0 Å². The van der Waals surface area contributed by atoms with E-state index in [0.717, 1.165) is 0 Å². The molecule has 0 amide bonds. The Morgan fingerprint density at radius 3 is 1.67 bits per heavy atom. The van der Waals surface area contributed by atoms with Crippen LogP contribution < -0.4 is 5.32 Å². The first kappa shape index (κ1) is 28.4. The number of hydrogen-bond acceptors (Lipinski definition) is 4. The number of nitrogens with one attached hydrogen (secondary N) is 1. The maximum atomic E-state index is 11.8. The summed E-state index contributed by atoms with van der Waals surface area (Å²) < 4.78 is 0. The molecule has 0 bridgehead atoms. The molecule has 4 nitrogen and oxygen atoms in total. The summed E-state index contributed by atoms with van der Waals surface area (Å²) in [5, 5.41) is 12.4. The average molecular weight is 306 g/mol. The third-order valence-corrected chi connectivity index (χ3v) is 2.70. The molecule has 0 aromatic rings. The zero-order valence-electron chi connectivity index (χ0n) is 15.9. The molecule has 2 N–H and O–H groups in total. The minimum atomic E-state index is -0.727. The Bertz CT molecular complexity index is 230. The molecule has 21 heavy (non-hydrogen) atoms. The Labute approximate surface area is 132 Å². The Morgan fingerprint density at radius 2 is 1.38 bits per heavy atom. The number of aliphatic hydroxyl groups is 1. The van der Waals surface area contributed by atoms with Crippen LogP contribution in [-0.4, -0.2) is 36.4 Å². The molecule has 0 aliphatic rings. The molecule has 0 fully saturated rings. The Balaban J connectivity index is -0.000000212. The first-order valence-electron chi connectivity index (χ1n) is 8.34. The van der Waals surface area contributed by atoms with Gasteiger partial charge in [-0.3, -0.25) is 9.59 Å². The van der Waals surface area contributed by atoms with Gasteiger partial charge in [-0.15, -0.1) is 0 Å². The van der Waals surface area contributed by atoms with Crippen LogP contribution in [0.3, 0.4) is 0 Å². The molecule has 0 rings (SSSR count). The van der Waals surface area contributed by atoms with E-state index in [0.29, 0.717) is 13.0 Å². The zero-order chi connectivity index (χ0) is 18.0. The summed E-state index contributed by atoms with van der Waals surface area (Å²) >= 11 is 0. The molecule has 0 spiro atoms. The summed E-state index contributed by atoms with van der Waals surface area (Å²) in [4.78, 5) is 23.1. The van der Waals surface area contributed by atoms with Crippen LogP contribution in [0.4, 0.5) is 0 Å². The van der Waals surface area contributed by atoms with E-state index in [1.807, 2.05) is 41.5 Å². The van der Waals surface area contributed by atoms with Crippen LogP contribution in [0.5, 0.6) is 0 Å². The molecule has 4 heteroatoms. The van der Waals surface area contributed by atoms with E-state index in [4.69, 9.17) is 0 Å². The van der Waals surface area contributed by atoms with Crippen LogP contribution in [0.25, 0.3) is 0 Å². The minimum absolute atomic E-state index is 0.0662. The smallest absolute Gasteiger partial charge is 0.148 e. The largest absolute Gasteiger partial charge is 0.391 e. The number of hydrogen-bond donors (Lipinski definition) is 2. The van der Waals surface area contributed by atoms with E-state index in [9.17, 15) is 14.7 Å². The van der Waals surface area contributed by atoms with Gasteiger partial charge in [0.1, 0.15) is 11.6 Å². The molecule has 130 valence electrons. The van der Waals surface area contributed by atoms with E-state index in [1.165, 1.54) is 0 Å². The van der Waals surface area contributed by atoms with Crippen molar-refractivity contribution in [3.05, 3.63) is 0 Å². The molecule has 0 heterocycles. The number of likely N-dealkylation sites (N-methyl/N-ethyl adjacent to an activating group) is 1. The second-order valence-corrected chi connectivity index (χ2v) is 3.86. The van der Waals surface area contributed by atoms with Crippen molar-refractivity contribution in [1.82, 2.24) is 5.32 Å². The molecule has 0 aliphatic heterocycles. The monoisotopic (exact) mass is 305 g/mol. The van der Waals surface area contributed by atoms with Gasteiger partial charge in [-0.05, 0) is 14.0 Å². The molecule has 3 atom stereocenters. The van der Waals surface area contributed by atoms with Gasteiger partial charge in [0.2, 0.25) is 0 Å². The quantitative estimate of drug-likeness (QED) is 0.707. The lowest BCUT2D eigenvalue weighted by atomic mass is 9.88. The number of aliphatic hydroxyl groups excluding tert-OH is 1. The Morgan fingerprint density at radius 1 is 1.00 bits per heavy atom. The van der Waals surface area contributed by atoms with Gasteiger partial charge in [0, 0.05) is 18.9 Å². The van der Waals surface area contributed by atoms with Gasteiger partial charge < -0.3 is 10.4 Å². The summed E-state index contributed by atoms with van der Waals surface area (Å²) in [5.74, 6) is -1.34. The summed E-state index contributed by atoms with van der Waals surface area (Å²) in [5.41, 5.74) is 0. The van der Waals surface area contributed by atoms with Crippen LogP contribution in [0.15, 0.2) is 0 Å². The van der Waals surface area contributed by atoms with Gasteiger partial charge in [0.05, 0.1) is 12.0 Å². The average Bonchev–Trinajstić information content (AvgIpc) is 2.57. The number of ketones is 2. The molecule has 0 aromatic heterocycles. The third kappa shape index (κ3) is 14.0. The van der Waals surface area contributed by atoms with Crippen molar-refractivity contribution in [3.63, 3.8) is 0 Å². The topological polar surface area (TPSA) is 66.4 Å². The normalized spacial score (nSPS) is 12.9. The van der Waals surface area contributed by atoms with Gasteiger partial charge in [-0.25, -0.2) is 0 Å². The standard InChI is InChI=1S/C11H21NO3.3C2H6/c1-5-9(13)7(2)11(15)8(3)10(14)6-12-4;3*1-2/h7-8,10,12,14H,5-6H2,1-4H3;3*1-2H3. The fourth-order valence-corrected chi connectivity index (χ4v) is 1.43. The fourth-order valence-electron chi connectivity index (χ4n) is 1.43. The first-order valence-corrected chi connectivity index (χ1v) is 8.34. The lowest BCUT2D eigenvalue weighted by molar-refractivity contribution is -0.136. The maximum absolute atomic E-state index is 11.8. The number of Topliss-reactive ketones (excluding diaryl/α,β-unsaturated/α-hetero) is 2. The van der Waals surface area contributed by atoms with E-state index in [-0.39, 0.29) is 11.6 Å². The number of rotatable bonds is 7. The predicted octanol–water partition coefficient (Wildman–Crippen LogP) is 3.47. The highest BCUT2D eigenvalue weighted by Gasteiger charge is 2.28. The third-order valence-electron chi connectivity index (χ3n) is 2.70. The Kier molecular flexibility index (Phi) is 29.2. The second kappa shape index (κ2) is 21.6. The zero-order valence-corrected chi connectivity index (χ0v) is 15.9. The molecule has 3 unspecified atom stereocenters.